The van der Waals surface area contributed by atoms with Crippen LogP contribution in [0.1, 0.15) is 24.0 Å². The molecule has 0 unspecified atom stereocenters. The van der Waals surface area contributed by atoms with Crippen molar-refractivity contribution in [3.63, 3.8) is 0 Å². The number of carboxylic acid groups (broad SMARTS) is 1. The second-order valence-corrected chi connectivity index (χ2v) is 6.71. The van der Waals surface area contributed by atoms with Gasteiger partial charge in [0.25, 0.3) is 0 Å². The van der Waals surface area contributed by atoms with Crippen LogP contribution in [0.5, 0.6) is 5.75 Å². The number of nitrogens with zero attached hydrogens (tertiary/aromatic N) is 1. The highest BCUT2D eigenvalue weighted by Crippen LogP contribution is 2.21. The first kappa shape index (κ1) is 24.0. The highest BCUT2D eigenvalue weighted by atomic mass is 19.4. The zero-order valence-electron chi connectivity index (χ0n) is 16.4. The van der Waals surface area contributed by atoms with E-state index in [1.807, 2.05) is 30.3 Å². The largest absolute Gasteiger partial charge is 0.490 e. The Bertz CT molecular complexity index is 923. The Balaban J connectivity index is 0.000000423. The van der Waals surface area contributed by atoms with Crippen molar-refractivity contribution >= 4 is 11.7 Å². The van der Waals surface area contributed by atoms with E-state index in [2.05, 4.69) is 10.6 Å². The second kappa shape index (κ2) is 11.2. The number of carbonyl (C=O) groups is 1. The van der Waals surface area contributed by atoms with Crippen molar-refractivity contribution in [2.45, 2.75) is 31.7 Å². The summed E-state index contributed by atoms with van der Waals surface area (Å²) in [4.78, 5) is 8.90. The molecule has 3 rings (SSSR count). The maximum Gasteiger partial charge on any atom is 0.490 e. The van der Waals surface area contributed by atoms with E-state index in [4.69, 9.17) is 19.9 Å². The minimum absolute atomic E-state index is 0.133. The van der Waals surface area contributed by atoms with Gasteiger partial charge < -0.3 is 20.5 Å². The fourth-order valence-electron chi connectivity index (χ4n) is 2.77. The van der Waals surface area contributed by atoms with E-state index in [1.54, 1.807) is 12.1 Å². The Morgan fingerprint density at radius 3 is 2.48 bits per heavy atom. The van der Waals surface area contributed by atoms with Crippen LogP contribution in [0.25, 0.3) is 0 Å². The van der Waals surface area contributed by atoms with Gasteiger partial charge in [-0.25, -0.2) is 9.18 Å². The van der Waals surface area contributed by atoms with E-state index in [0.29, 0.717) is 22.9 Å². The number of halogens is 4. The van der Waals surface area contributed by atoms with Crippen LogP contribution in [0, 0.1) is 17.1 Å². The Hall–Kier alpha value is -3.32. The van der Waals surface area contributed by atoms with Crippen LogP contribution >= 0.6 is 0 Å². The lowest BCUT2D eigenvalue weighted by atomic mass is 10.1. The van der Waals surface area contributed by atoms with Crippen LogP contribution in [0.4, 0.5) is 23.2 Å². The minimum atomic E-state index is -5.08. The second-order valence-electron chi connectivity index (χ2n) is 6.71. The Kier molecular flexibility index (Phi) is 8.63. The highest BCUT2D eigenvalue weighted by molar-refractivity contribution is 5.73. The van der Waals surface area contributed by atoms with Crippen molar-refractivity contribution in [1.82, 2.24) is 5.32 Å². The van der Waals surface area contributed by atoms with Crippen molar-refractivity contribution in [3.05, 3.63) is 59.4 Å². The molecule has 1 aliphatic rings. The predicted octanol–water partition coefficient (Wildman–Crippen LogP) is 4.07. The average Bonchev–Trinajstić information content (AvgIpc) is 2.73. The van der Waals surface area contributed by atoms with Gasteiger partial charge in [-0.15, -0.1) is 0 Å². The third-order valence-corrected chi connectivity index (χ3v) is 4.36. The van der Waals surface area contributed by atoms with Crippen LogP contribution in [0.15, 0.2) is 42.5 Å². The summed E-state index contributed by atoms with van der Waals surface area (Å²) in [6.07, 6.45) is -2.89. The summed E-state index contributed by atoms with van der Waals surface area (Å²) in [5, 5.41) is 22.8. The molecular formula is C21H21F4N3O3. The summed E-state index contributed by atoms with van der Waals surface area (Å²) in [6, 6.07) is 14.5. The van der Waals surface area contributed by atoms with Crippen molar-refractivity contribution < 1.29 is 32.2 Å². The first-order valence-electron chi connectivity index (χ1n) is 9.38. The molecule has 0 amide bonds. The van der Waals surface area contributed by atoms with Gasteiger partial charge in [-0.2, -0.15) is 18.4 Å². The van der Waals surface area contributed by atoms with E-state index in [1.165, 1.54) is 6.07 Å². The summed E-state index contributed by atoms with van der Waals surface area (Å²) in [5.41, 5.74) is 1.76. The zero-order valence-corrected chi connectivity index (χ0v) is 16.4. The molecule has 31 heavy (non-hydrogen) atoms. The number of ether oxygens (including phenoxy) is 1. The molecular weight excluding hydrogens is 418 g/mol. The smallest absolute Gasteiger partial charge is 0.489 e. The first-order valence-corrected chi connectivity index (χ1v) is 9.38. The number of nitriles is 1. The third kappa shape index (κ3) is 8.14. The van der Waals surface area contributed by atoms with Crippen LogP contribution in [-0.2, 0) is 11.4 Å². The fraction of sp³-hybridized carbons (Fsp3) is 0.333. The SMILES string of the molecule is N#Cc1ccc(COc2cccc(NC3CCNCC3)c2)c(F)c1.O=C(O)C(F)(F)F. The van der Waals surface area contributed by atoms with E-state index in [9.17, 15) is 17.6 Å². The molecule has 0 spiro atoms. The van der Waals surface area contributed by atoms with E-state index >= 15 is 0 Å². The molecule has 0 saturated carbocycles. The van der Waals surface area contributed by atoms with Gasteiger partial charge in [0.2, 0.25) is 0 Å². The molecule has 2 aromatic carbocycles. The number of hydrogen-bond donors (Lipinski definition) is 3. The molecule has 2 aromatic rings. The van der Waals surface area contributed by atoms with Gasteiger partial charge in [0.15, 0.2) is 0 Å². The number of nitrogens with one attached hydrogen (secondary N) is 2. The molecule has 0 bridgehead atoms. The normalized spacial score (nSPS) is 14.0. The van der Waals surface area contributed by atoms with Crippen LogP contribution in [0.2, 0.25) is 0 Å². The van der Waals surface area contributed by atoms with Crippen molar-refractivity contribution in [2.24, 2.45) is 0 Å². The first-order chi connectivity index (χ1) is 14.7. The quantitative estimate of drug-likeness (QED) is 0.608. The molecule has 0 aromatic heterocycles. The predicted molar refractivity (Wildman–Crippen MR) is 105 cm³/mol. The van der Waals surface area contributed by atoms with Crippen LogP contribution in [0.3, 0.4) is 0 Å². The Labute approximate surface area is 176 Å². The summed E-state index contributed by atoms with van der Waals surface area (Å²) in [7, 11) is 0. The zero-order chi connectivity index (χ0) is 22.9. The lowest BCUT2D eigenvalue weighted by Crippen LogP contribution is -2.35. The monoisotopic (exact) mass is 439 g/mol. The van der Waals surface area contributed by atoms with E-state index in [-0.39, 0.29) is 6.61 Å². The summed E-state index contributed by atoms with van der Waals surface area (Å²) in [5.74, 6) is -2.48. The molecule has 0 aliphatic carbocycles. The number of rotatable bonds is 5. The van der Waals surface area contributed by atoms with Crippen LogP contribution in [-0.4, -0.2) is 36.4 Å². The molecule has 1 saturated heterocycles. The number of piperidine rings is 1. The van der Waals surface area contributed by atoms with Gasteiger partial charge in [-0.3, -0.25) is 0 Å². The summed E-state index contributed by atoms with van der Waals surface area (Å²) >= 11 is 0. The molecule has 6 nitrogen and oxygen atoms in total. The molecule has 10 heteroatoms. The molecule has 0 atom stereocenters. The number of hydrogen-bond acceptors (Lipinski definition) is 5. The topological polar surface area (TPSA) is 94.4 Å². The van der Waals surface area contributed by atoms with Crippen molar-refractivity contribution in [2.75, 3.05) is 18.4 Å². The molecule has 1 fully saturated rings. The van der Waals surface area contributed by atoms with Gasteiger partial charge in [-0.05, 0) is 50.2 Å². The summed E-state index contributed by atoms with van der Waals surface area (Å²) < 4.78 is 51.3. The summed E-state index contributed by atoms with van der Waals surface area (Å²) in [6.45, 7) is 2.20. The third-order valence-electron chi connectivity index (χ3n) is 4.36. The molecule has 0 radical (unpaired) electrons. The maximum atomic E-state index is 13.9. The maximum absolute atomic E-state index is 13.9. The van der Waals surface area contributed by atoms with Crippen molar-refractivity contribution in [1.29, 1.82) is 5.26 Å². The van der Waals surface area contributed by atoms with E-state index < -0.39 is 18.0 Å². The number of carboxylic acids is 1. The lowest BCUT2D eigenvalue weighted by Gasteiger charge is -2.24. The number of benzene rings is 2. The van der Waals surface area contributed by atoms with Gasteiger partial charge in [-0.1, -0.05) is 12.1 Å². The highest BCUT2D eigenvalue weighted by Gasteiger charge is 2.38. The Morgan fingerprint density at radius 1 is 1.23 bits per heavy atom. The number of anilines is 1. The van der Waals surface area contributed by atoms with E-state index in [0.717, 1.165) is 31.6 Å². The lowest BCUT2D eigenvalue weighted by molar-refractivity contribution is -0.192. The van der Waals surface area contributed by atoms with Gasteiger partial charge >= 0.3 is 12.1 Å². The minimum Gasteiger partial charge on any atom is -0.489 e. The number of alkyl halides is 3. The number of aliphatic carboxylic acids is 1. The van der Waals surface area contributed by atoms with Crippen molar-refractivity contribution in [3.8, 4) is 11.8 Å². The van der Waals surface area contributed by atoms with Gasteiger partial charge in [0.1, 0.15) is 18.2 Å². The average molecular weight is 439 g/mol. The standard InChI is InChI=1S/C19H20FN3O.C2HF3O2/c20-19-10-14(12-21)4-5-15(19)13-24-18-3-1-2-17(11-18)23-16-6-8-22-9-7-16;3-2(4,5)1(6)7/h1-5,10-11,16,22-23H,6-9,13H2;(H,6,7). The van der Waals surface area contributed by atoms with Gasteiger partial charge in [0.05, 0.1) is 11.6 Å². The molecule has 1 heterocycles. The Morgan fingerprint density at radius 2 is 1.90 bits per heavy atom. The molecule has 1 aliphatic heterocycles. The van der Waals surface area contributed by atoms with Crippen LogP contribution < -0.4 is 15.4 Å². The molecule has 166 valence electrons. The molecule has 3 N–H and O–H groups in total. The van der Waals surface area contributed by atoms with Gasteiger partial charge in [0, 0.05) is 23.4 Å². The fourth-order valence-corrected chi connectivity index (χ4v) is 2.77.